The molecule has 0 bridgehead atoms. The van der Waals surface area contributed by atoms with Crippen molar-refractivity contribution in [1.82, 2.24) is 9.97 Å². The second-order valence-corrected chi connectivity index (χ2v) is 5.53. The smallest absolute Gasteiger partial charge is 0.224 e. The highest BCUT2D eigenvalue weighted by Crippen LogP contribution is 2.22. The van der Waals surface area contributed by atoms with Gasteiger partial charge in [-0.05, 0) is 24.1 Å². The Bertz CT molecular complexity index is 334. The molecule has 0 aliphatic carbocycles. The van der Waals surface area contributed by atoms with E-state index in [1.165, 1.54) is 6.42 Å². The number of aromatic nitrogens is 2. The van der Waals surface area contributed by atoms with E-state index in [4.69, 9.17) is 11.6 Å². The molecule has 1 aliphatic rings. The van der Waals surface area contributed by atoms with Crippen LogP contribution in [0.5, 0.6) is 0 Å². The van der Waals surface area contributed by atoms with Crippen LogP contribution in [0, 0.1) is 0 Å². The summed E-state index contributed by atoms with van der Waals surface area (Å²) in [4.78, 5) is 10.4. The maximum atomic E-state index is 5.78. The Balaban J connectivity index is 2.09. The highest BCUT2D eigenvalue weighted by atomic mass is 35.5. The van der Waals surface area contributed by atoms with E-state index in [1.807, 2.05) is 17.8 Å². The van der Waals surface area contributed by atoms with Crippen molar-refractivity contribution < 1.29 is 0 Å². The number of anilines is 1. The van der Waals surface area contributed by atoms with Crippen molar-refractivity contribution in [1.29, 1.82) is 0 Å². The fraction of sp³-hybridized carbons (Fsp3) is 0.600. The van der Waals surface area contributed by atoms with Crippen LogP contribution in [0.4, 0.5) is 5.82 Å². The van der Waals surface area contributed by atoms with Crippen LogP contribution in [0.25, 0.3) is 0 Å². The molecule has 0 radical (unpaired) electrons. The summed E-state index contributed by atoms with van der Waals surface area (Å²) in [5, 5.41) is 1.07. The van der Waals surface area contributed by atoms with Gasteiger partial charge in [-0.3, -0.25) is 0 Å². The molecule has 0 N–H and O–H groups in total. The van der Waals surface area contributed by atoms with Gasteiger partial charge in [-0.2, -0.15) is 11.8 Å². The largest absolute Gasteiger partial charge is 0.356 e. The van der Waals surface area contributed by atoms with Crippen LogP contribution in [-0.4, -0.2) is 34.1 Å². The lowest BCUT2D eigenvalue weighted by atomic mass is 10.3. The minimum Gasteiger partial charge on any atom is -0.356 e. The first-order valence-electron chi connectivity index (χ1n) is 5.11. The summed E-state index contributed by atoms with van der Waals surface area (Å²) in [5.74, 6) is 2.10. The Kier molecular flexibility index (Phi) is 3.70. The van der Waals surface area contributed by atoms with Crippen LogP contribution >= 0.6 is 23.4 Å². The maximum Gasteiger partial charge on any atom is 0.224 e. The minimum absolute atomic E-state index is 0.331. The van der Waals surface area contributed by atoms with Gasteiger partial charge in [0.25, 0.3) is 0 Å². The molecule has 1 aliphatic heterocycles. The van der Waals surface area contributed by atoms with Crippen molar-refractivity contribution in [2.45, 2.75) is 18.6 Å². The second-order valence-electron chi connectivity index (χ2n) is 3.64. The van der Waals surface area contributed by atoms with E-state index in [0.717, 1.165) is 29.9 Å². The average molecular weight is 244 g/mol. The standard InChI is InChI=1S/C10H14ClN3S/c1-8-3-5-14(6-7-15-8)9-2-4-12-10(11)13-9/h2,4,8H,3,5-7H2,1H3. The third-order valence-electron chi connectivity index (χ3n) is 2.50. The number of rotatable bonds is 1. The fourth-order valence-corrected chi connectivity index (χ4v) is 2.77. The Labute approximate surface area is 99.2 Å². The van der Waals surface area contributed by atoms with Crippen molar-refractivity contribution in [2.75, 3.05) is 23.7 Å². The molecule has 0 spiro atoms. The van der Waals surface area contributed by atoms with Crippen LogP contribution in [-0.2, 0) is 0 Å². The van der Waals surface area contributed by atoms with Crippen LogP contribution in [0.15, 0.2) is 12.3 Å². The molecule has 1 atom stereocenters. The summed E-state index contributed by atoms with van der Waals surface area (Å²) in [5.41, 5.74) is 0. The van der Waals surface area contributed by atoms with E-state index in [1.54, 1.807) is 6.20 Å². The second kappa shape index (κ2) is 5.03. The van der Waals surface area contributed by atoms with Crippen molar-refractivity contribution in [3.63, 3.8) is 0 Å². The highest BCUT2D eigenvalue weighted by molar-refractivity contribution is 7.99. The maximum absolute atomic E-state index is 5.78. The van der Waals surface area contributed by atoms with Gasteiger partial charge in [-0.15, -0.1) is 0 Å². The van der Waals surface area contributed by atoms with Gasteiger partial charge in [-0.1, -0.05) is 6.92 Å². The normalized spacial score (nSPS) is 22.5. The van der Waals surface area contributed by atoms with Crippen molar-refractivity contribution in [3.05, 3.63) is 17.5 Å². The molecule has 1 unspecified atom stereocenters. The summed E-state index contributed by atoms with van der Waals surface area (Å²) in [6, 6.07) is 1.92. The molecule has 15 heavy (non-hydrogen) atoms. The van der Waals surface area contributed by atoms with Crippen molar-refractivity contribution in [3.8, 4) is 0 Å². The summed E-state index contributed by atoms with van der Waals surface area (Å²) in [7, 11) is 0. The molecule has 0 saturated carbocycles. The Morgan fingerprint density at radius 2 is 2.40 bits per heavy atom. The molecule has 0 amide bonds. The number of halogens is 1. The van der Waals surface area contributed by atoms with Crippen LogP contribution in [0.1, 0.15) is 13.3 Å². The summed E-state index contributed by atoms with van der Waals surface area (Å²) in [6.45, 7) is 4.38. The monoisotopic (exact) mass is 243 g/mol. The van der Waals surface area contributed by atoms with Crippen LogP contribution in [0.3, 0.4) is 0 Å². The first-order chi connectivity index (χ1) is 7.25. The molecule has 0 aromatic carbocycles. The molecule has 82 valence electrons. The molecular weight excluding hydrogens is 230 g/mol. The Morgan fingerprint density at radius 3 is 3.20 bits per heavy atom. The van der Waals surface area contributed by atoms with Gasteiger partial charge in [0.15, 0.2) is 0 Å². The molecule has 1 saturated heterocycles. The zero-order chi connectivity index (χ0) is 10.7. The summed E-state index contributed by atoms with van der Waals surface area (Å²) in [6.07, 6.45) is 2.92. The lowest BCUT2D eigenvalue weighted by Gasteiger charge is -2.20. The zero-order valence-corrected chi connectivity index (χ0v) is 10.3. The number of nitrogens with zero attached hydrogens (tertiary/aromatic N) is 3. The van der Waals surface area contributed by atoms with Crippen LogP contribution in [0.2, 0.25) is 5.28 Å². The van der Waals surface area contributed by atoms with Gasteiger partial charge < -0.3 is 4.90 Å². The lowest BCUT2D eigenvalue weighted by molar-refractivity contribution is 0.753. The molecule has 1 fully saturated rings. The van der Waals surface area contributed by atoms with E-state index in [0.29, 0.717) is 5.28 Å². The predicted octanol–water partition coefficient (Wildman–Crippen LogP) is 2.46. The van der Waals surface area contributed by atoms with Gasteiger partial charge in [0, 0.05) is 30.3 Å². The van der Waals surface area contributed by atoms with E-state index in [2.05, 4.69) is 21.8 Å². The fourth-order valence-electron chi connectivity index (χ4n) is 1.63. The van der Waals surface area contributed by atoms with E-state index in [9.17, 15) is 0 Å². The SMILES string of the molecule is CC1CCN(c2ccnc(Cl)n2)CCS1. The zero-order valence-electron chi connectivity index (χ0n) is 8.69. The topological polar surface area (TPSA) is 29.0 Å². The summed E-state index contributed by atoms with van der Waals surface area (Å²) >= 11 is 7.80. The van der Waals surface area contributed by atoms with Crippen LogP contribution < -0.4 is 4.90 Å². The van der Waals surface area contributed by atoms with Gasteiger partial charge in [0.05, 0.1) is 0 Å². The minimum atomic E-state index is 0.331. The van der Waals surface area contributed by atoms with Gasteiger partial charge in [0.1, 0.15) is 5.82 Å². The first kappa shape index (κ1) is 11.0. The molecule has 2 rings (SSSR count). The molecular formula is C10H14ClN3S. The Morgan fingerprint density at radius 1 is 1.53 bits per heavy atom. The predicted molar refractivity (Wildman–Crippen MR) is 65.8 cm³/mol. The lowest BCUT2D eigenvalue weighted by Crippen LogP contribution is -2.26. The Hall–Kier alpha value is -0.480. The molecule has 1 aromatic rings. The van der Waals surface area contributed by atoms with Gasteiger partial charge >= 0.3 is 0 Å². The number of hydrogen-bond acceptors (Lipinski definition) is 4. The number of hydrogen-bond donors (Lipinski definition) is 0. The first-order valence-corrected chi connectivity index (χ1v) is 6.53. The molecule has 1 aromatic heterocycles. The van der Waals surface area contributed by atoms with E-state index >= 15 is 0 Å². The highest BCUT2D eigenvalue weighted by Gasteiger charge is 2.15. The van der Waals surface area contributed by atoms with Gasteiger partial charge in [-0.25, -0.2) is 9.97 Å². The molecule has 5 heteroatoms. The van der Waals surface area contributed by atoms with E-state index in [-0.39, 0.29) is 0 Å². The van der Waals surface area contributed by atoms with Gasteiger partial charge in [0.2, 0.25) is 5.28 Å². The third kappa shape index (κ3) is 2.98. The molecule has 3 nitrogen and oxygen atoms in total. The number of thioether (sulfide) groups is 1. The molecule has 2 heterocycles. The van der Waals surface area contributed by atoms with E-state index < -0.39 is 0 Å². The van der Waals surface area contributed by atoms with Crippen molar-refractivity contribution in [2.24, 2.45) is 0 Å². The summed E-state index contributed by atoms with van der Waals surface area (Å²) < 4.78 is 0. The average Bonchev–Trinajstić information content (AvgIpc) is 2.43. The quantitative estimate of drug-likeness (QED) is 0.709. The van der Waals surface area contributed by atoms with Crippen molar-refractivity contribution >= 4 is 29.2 Å². The third-order valence-corrected chi connectivity index (χ3v) is 3.91.